The molecule has 2 aromatic carbocycles. The van der Waals surface area contributed by atoms with Gasteiger partial charge in [-0.2, -0.15) is 5.26 Å². The molecule has 0 aliphatic carbocycles. The van der Waals surface area contributed by atoms with Crippen molar-refractivity contribution in [2.75, 3.05) is 11.1 Å². The highest BCUT2D eigenvalue weighted by Crippen LogP contribution is 2.34. The molecule has 0 unspecified atom stereocenters. The number of nitriles is 1. The normalized spacial score (nSPS) is 10.4. The molecule has 0 saturated carbocycles. The maximum absolute atomic E-state index is 12.3. The molecule has 0 spiro atoms. The van der Waals surface area contributed by atoms with Gasteiger partial charge in [0, 0.05) is 29.5 Å². The van der Waals surface area contributed by atoms with E-state index in [2.05, 4.69) is 16.4 Å². The highest BCUT2D eigenvalue weighted by atomic mass is 32.2. The van der Waals surface area contributed by atoms with Crippen LogP contribution in [0.1, 0.15) is 17.5 Å². The fourth-order valence-corrected chi connectivity index (χ4v) is 4.30. The number of benzene rings is 2. The molecule has 5 nitrogen and oxygen atoms in total. The van der Waals surface area contributed by atoms with Gasteiger partial charge in [-0.15, -0.1) is 11.8 Å². The monoisotopic (exact) mass is 450 g/mol. The first-order chi connectivity index (χ1) is 16.1. The van der Waals surface area contributed by atoms with Gasteiger partial charge in [0.15, 0.2) is 0 Å². The quantitative estimate of drug-likeness (QED) is 0.344. The fraction of sp³-hybridized carbons (Fsp3) is 0.111. The van der Waals surface area contributed by atoms with Crippen LogP contribution in [0.5, 0.6) is 0 Å². The van der Waals surface area contributed by atoms with Crippen molar-refractivity contribution in [2.24, 2.45) is 0 Å². The van der Waals surface area contributed by atoms with Crippen LogP contribution in [-0.2, 0) is 4.79 Å². The largest absolute Gasteiger partial charge is 0.325 e. The fourth-order valence-electron chi connectivity index (χ4n) is 3.35. The van der Waals surface area contributed by atoms with Crippen LogP contribution in [0.4, 0.5) is 5.69 Å². The van der Waals surface area contributed by atoms with Crippen molar-refractivity contribution in [2.45, 2.75) is 18.4 Å². The number of aryl methyl sites for hydroxylation is 1. The van der Waals surface area contributed by atoms with Crippen molar-refractivity contribution in [1.82, 2.24) is 9.97 Å². The average Bonchev–Trinajstić information content (AvgIpc) is 2.85. The number of carbonyl (C=O) groups excluding carboxylic acids is 1. The zero-order valence-electron chi connectivity index (χ0n) is 18.2. The second kappa shape index (κ2) is 10.6. The molecule has 4 rings (SSSR count). The molecule has 6 heteroatoms. The number of hydrogen-bond acceptors (Lipinski definition) is 5. The van der Waals surface area contributed by atoms with E-state index in [1.54, 1.807) is 24.5 Å². The minimum Gasteiger partial charge on any atom is -0.325 e. The van der Waals surface area contributed by atoms with Crippen LogP contribution >= 0.6 is 11.8 Å². The van der Waals surface area contributed by atoms with Crippen LogP contribution in [-0.4, -0.2) is 21.6 Å². The number of aromatic nitrogens is 2. The van der Waals surface area contributed by atoms with E-state index in [9.17, 15) is 10.1 Å². The molecule has 0 aliphatic rings. The molecule has 1 amide bonds. The Labute approximate surface area is 197 Å². The minimum absolute atomic E-state index is 0.105. The molecule has 0 fully saturated rings. The van der Waals surface area contributed by atoms with E-state index in [-0.39, 0.29) is 5.91 Å². The van der Waals surface area contributed by atoms with E-state index >= 15 is 0 Å². The first-order valence-electron chi connectivity index (χ1n) is 10.5. The Bertz CT molecular complexity index is 1280. The third-order valence-electron chi connectivity index (χ3n) is 5.04. The van der Waals surface area contributed by atoms with E-state index in [1.807, 2.05) is 67.6 Å². The summed E-state index contributed by atoms with van der Waals surface area (Å²) in [6.07, 6.45) is 3.56. The lowest BCUT2D eigenvalue weighted by Crippen LogP contribution is -2.12. The van der Waals surface area contributed by atoms with Gasteiger partial charge < -0.3 is 5.32 Å². The van der Waals surface area contributed by atoms with E-state index in [0.717, 1.165) is 27.9 Å². The van der Waals surface area contributed by atoms with Crippen molar-refractivity contribution in [3.63, 3.8) is 0 Å². The van der Waals surface area contributed by atoms with Gasteiger partial charge in [-0.3, -0.25) is 9.78 Å². The van der Waals surface area contributed by atoms with E-state index in [1.165, 1.54) is 11.8 Å². The number of pyridine rings is 2. The Balaban J connectivity index is 1.62. The number of rotatable bonds is 7. The second-order valence-corrected chi connectivity index (χ2v) is 8.55. The zero-order chi connectivity index (χ0) is 23.0. The highest BCUT2D eigenvalue weighted by Gasteiger charge is 2.16. The van der Waals surface area contributed by atoms with E-state index in [0.29, 0.717) is 28.5 Å². The van der Waals surface area contributed by atoms with Crippen LogP contribution in [0.25, 0.3) is 22.4 Å². The Morgan fingerprint density at radius 2 is 1.82 bits per heavy atom. The summed E-state index contributed by atoms with van der Waals surface area (Å²) in [6.45, 7) is 2.04. The van der Waals surface area contributed by atoms with Gasteiger partial charge in [0.25, 0.3) is 0 Å². The van der Waals surface area contributed by atoms with Crippen molar-refractivity contribution >= 4 is 23.4 Å². The summed E-state index contributed by atoms with van der Waals surface area (Å²) in [5.74, 6) is 0.395. The summed E-state index contributed by atoms with van der Waals surface area (Å²) in [5, 5.41) is 13.5. The van der Waals surface area contributed by atoms with Gasteiger partial charge >= 0.3 is 0 Å². The SMILES string of the molecule is Cc1ccc(-c2cc(-c3ccccc3)nc(SCCC(=O)Nc3cccnc3)c2C#N)cc1. The Hall–Kier alpha value is -3.95. The van der Waals surface area contributed by atoms with Crippen LogP contribution in [0.15, 0.2) is 90.2 Å². The van der Waals surface area contributed by atoms with Crippen LogP contribution < -0.4 is 5.32 Å². The Morgan fingerprint density at radius 1 is 1.03 bits per heavy atom. The van der Waals surface area contributed by atoms with Gasteiger partial charge in [0.2, 0.25) is 5.91 Å². The van der Waals surface area contributed by atoms with Gasteiger partial charge in [0.1, 0.15) is 11.1 Å². The first kappa shape index (κ1) is 22.3. The summed E-state index contributed by atoms with van der Waals surface area (Å²) in [7, 11) is 0. The lowest BCUT2D eigenvalue weighted by atomic mass is 9.98. The molecule has 0 radical (unpaired) electrons. The molecular weight excluding hydrogens is 428 g/mol. The Morgan fingerprint density at radius 3 is 2.52 bits per heavy atom. The molecule has 1 N–H and O–H groups in total. The van der Waals surface area contributed by atoms with Crippen LogP contribution in [0.3, 0.4) is 0 Å². The smallest absolute Gasteiger partial charge is 0.225 e. The maximum atomic E-state index is 12.3. The van der Waals surface area contributed by atoms with Gasteiger partial charge in [-0.25, -0.2) is 4.98 Å². The van der Waals surface area contributed by atoms with E-state index < -0.39 is 0 Å². The van der Waals surface area contributed by atoms with Gasteiger partial charge in [-0.1, -0.05) is 60.2 Å². The lowest BCUT2D eigenvalue weighted by molar-refractivity contribution is -0.115. The molecule has 2 heterocycles. The topological polar surface area (TPSA) is 78.7 Å². The minimum atomic E-state index is -0.105. The number of amides is 1. The first-order valence-corrected chi connectivity index (χ1v) is 11.5. The second-order valence-electron chi connectivity index (χ2n) is 7.47. The number of hydrogen-bond donors (Lipinski definition) is 1. The number of nitrogens with one attached hydrogen (secondary N) is 1. The standard InChI is InChI=1S/C27H22N4OS/c1-19-9-11-20(12-10-19)23-16-25(21-6-3-2-4-7-21)31-27(24(23)17-28)33-15-13-26(32)30-22-8-5-14-29-18-22/h2-12,14,16,18H,13,15H2,1H3,(H,30,32). The molecule has 162 valence electrons. The average molecular weight is 451 g/mol. The van der Waals surface area contributed by atoms with Crippen molar-refractivity contribution in [3.8, 4) is 28.5 Å². The summed E-state index contributed by atoms with van der Waals surface area (Å²) in [4.78, 5) is 21.1. The summed E-state index contributed by atoms with van der Waals surface area (Å²) in [5.41, 5.74) is 5.93. The summed E-state index contributed by atoms with van der Waals surface area (Å²) < 4.78 is 0. The number of anilines is 1. The number of nitrogens with zero attached hydrogens (tertiary/aromatic N) is 3. The molecule has 0 atom stereocenters. The predicted octanol–water partition coefficient (Wildman–Crippen LogP) is 6.11. The van der Waals surface area contributed by atoms with Gasteiger partial charge in [-0.05, 0) is 30.7 Å². The van der Waals surface area contributed by atoms with Crippen molar-refractivity contribution < 1.29 is 4.79 Å². The molecule has 33 heavy (non-hydrogen) atoms. The zero-order valence-corrected chi connectivity index (χ0v) is 19.0. The van der Waals surface area contributed by atoms with E-state index in [4.69, 9.17) is 4.98 Å². The predicted molar refractivity (Wildman–Crippen MR) is 133 cm³/mol. The molecule has 4 aromatic rings. The molecule has 0 bridgehead atoms. The molecular formula is C27H22N4OS. The van der Waals surface area contributed by atoms with Crippen molar-refractivity contribution in [1.29, 1.82) is 5.26 Å². The third kappa shape index (κ3) is 5.65. The maximum Gasteiger partial charge on any atom is 0.225 e. The molecule has 0 saturated heterocycles. The lowest BCUT2D eigenvalue weighted by Gasteiger charge is -2.13. The number of carbonyl (C=O) groups is 1. The van der Waals surface area contributed by atoms with Crippen LogP contribution in [0, 0.1) is 18.3 Å². The molecule has 0 aliphatic heterocycles. The highest BCUT2D eigenvalue weighted by molar-refractivity contribution is 7.99. The van der Waals surface area contributed by atoms with Gasteiger partial charge in [0.05, 0.1) is 23.1 Å². The third-order valence-corrected chi connectivity index (χ3v) is 6.02. The number of thioether (sulfide) groups is 1. The molecule has 2 aromatic heterocycles. The van der Waals surface area contributed by atoms with Crippen molar-refractivity contribution in [3.05, 3.63) is 96.3 Å². The Kier molecular flexibility index (Phi) is 7.13. The van der Waals surface area contributed by atoms with Crippen LogP contribution in [0.2, 0.25) is 0 Å². The summed E-state index contributed by atoms with van der Waals surface area (Å²) >= 11 is 1.42. The summed E-state index contributed by atoms with van der Waals surface area (Å²) in [6, 6.07) is 25.9.